The van der Waals surface area contributed by atoms with Gasteiger partial charge in [-0.1, -0.05) is 54.6 Å². The molecular weight excluding hydrogens is 554 g/mol. The molecular formula is C31H25N5O7. The van der Waals surface area contributed by atoms with Gasteiger partial charge in [-0.25, -0.2) is 14.6 Å². The summed E-state index contributed by atoms with van der Waals surface area (Å²) in [6.07, 6.45) is -0.891. The van der Waals surface area contributed by atoms with Crippen LogP contribution in [0.1, 0.15) is 43.7 Å². The molecule has 216 valence electrons. The number of ether oxygens (including phenoxy) is 3. The van der Waals surface area contributed by atoms with Gasteiger partial charge in [-0.3, -0.25) is 24.5 Å². The van der Waals surface area contributed by atoms with E-state index >= 15 is 0 Å². The van der Waals surface area contributed by atoms with Gasteiger partial charge in [-0.05, 0) is 36.4 Å². The molecule has 0 unspecified atom stereocenters. The van der Waals surface area contributed by atoms with Crippen LogP contribution in [0.4, 0.5) is 5.95 Å². The Morgan fingerprint density at radius 1 is 0.884 bits per heavy atom. The van der Waals surface area contributed by atoms with Gasteiger partial charge in [0.25, 0.3) is 11.5 Å². The van der Waals surface area contributed by atoms with Crippen molar-refractivity contribution in [3.63, 3.8) is 0 Å². The predicted octanol–water partition coefficient (Wildman–Crippen LogP) is 3.74. The van der Waals surface area contributed by atoms with Gasteiger partial charge in [0.05, 0.1) is 17.5 Å². The second kappa shape index (κ2) is 12.1. The largest absolute Gasteiger partial charge is 0.459 e. The van der Waals surface area contributed by atoms with Crippen LogP contribution in [0.3, 0.4) is 0 Å². The number of aromatic amines is 1. The van der Waals surface area contributed by atoms with Crippen molar-refractivity contribution in [2.75, 3.05) is 11.9 Å². The van der Waals surface area contributed by atoms with Crippen LogP contribution in [0, 0.1) is 0 Å². The van der Waals surface area contributed by atoms with E-state index in [0.29, 0.717) is 16.7 Å². The number of hydrogen-bond acceptors (Lipinski definition) is 9. The minimum absolute atomic E-state index is 0.0260. The number of nitrogens with zero attached hydrogens (tertiary/aromatic N) is 3. The van der Waals surface area contributed by atoms with E-state index in [0.717, 1.165) is 0 Å². The first-order chi connectivity index (χ1) is 21.0. The van der Waals surface area contributed by atoms with E-state index in [4.69, 9.17) is 14.2 Å². The molecule has 0 spiro atoms. The van der Waals surface area contributed by atoms with Crippen LogP contribution in [0.15, 0.2) is 102 Å². The highest BCUT2D eigenvalue weighted by molar-refractivity contribution is 6.03. The normalized spacial score (nSPS) is 17.8. The SMILES string of the molecule is O=C(Nc1nc2c(ncn2[C@@H]2C[C@H](OC(=O)c3ccccc3)[C@H](COC(=O)c3ccccc3)O2)c(=O)[nH]1)c1ccccc1. The van der Waals surface area contributed by atoms with Gasteiger partial charge in [-0.15, -0.1) is 0 Å². The number of benzene rings is 3. The molecule has 1 fully saturated rings. The minimum atomic E-state index is -0.831. The van der Waals surface area contributed by atoms with E-state index in [9.17, 15) is 19.2 Å². The Bertz CT molecular complexity index is 1820. The third kappa shape index (κ3) is 6.04. The molecule has 0 bridgehead atoms. The Labute approximate surface area is 244 Å². The summed E-state index contributed by atoms with van der Waals surface area (Å²) in [5.41, 5.74) is 0.708. The van der Waals surface area contributed by atoms with Gasteiger partial charge in [0.1, 0.15) is 25.0 Å². The van der Waals surface area contributed by atoms with E-state index in [1.54, 1.807) is 91.0 Å². The van der Waals surface area contributed by atoms with E-state index < -0.39 is 41.8 Å². The third-order valence-electron chi connectivity index (χ3n) is 6.85. The summed E-state index contributed by atoms with van der Waals surface area (Å²) in [7, 11) is 0. The topological polar surface area (TPSA) is 155 Å². The van der Waals surface area contributed by atoms with Crippen LogP contribution in [0.2, 0.25) is 0 Å². The van der Waals surface area contributed by atoms with Crippen LogP contribution in [-0.4, -0.2) is 56.2 Å². The average Bonchev–Trinajstić information content (AvgIpc) is 3.65. The number of aromatic nitrogens is 4. The number of esters is 2. The standard InChI is InChI=1S/C31H25N5O7/c37-27(19-10-4-1-5-11-19)34-31-33-26-25(28(38)35-31)32-18-36(26)24-16-22(43-30(40)21-14-8-3-9-15-21)23(42-24)17-41-29(39)20-12-6-2-7-13-20/h1-15,18,22-24H,16-17H2,(H2,33,34,35,37,38)/t22-,23-,24-/m0/s1. The Morgan fingerprint density at radius 3 is 2.14 bits per heavy atom. The predicted molar refractivity (Wildman–Crippen MR) is 153 cm³/mol. The van der Waals surface area contributed by atoms with Crippen molar-refractivity contribution in [1.82, 2.24) is 19.5 Å². The number of H-pyrrole nitrogens is 1. The number of amides is 1. The van der Waals surface area contributed by atoms with Crippen LogP contribution < -0.4 is 10.9 Å². The number of fused-ring (bicyclic) bond motifs is 1. The molecule has 12 heteroatoms. The number of rotatable bonds is 8. The Kier molecular flexibility index (Phi) is 7.74. The molecule has 2 N–H and O–H groups in total. The maximum absolute atomic E-state index is 12.9. The lowest BCUT2D eigenvalue weighted by Crippen LogP contribution is -2.32. The molecule has 1 saturated heterocycles. The van der Waals surface area contributed by atoms with Crippen molar-refractivity contribution < 1.29 is 28.6 Å². The second-order valence-corrected chi connectivity index (χ2v) is 9.70. The zero-order valence-corrected chi connectivity index (χ0v) is 22.6. The molecule has 2 aromatic heterocycles. The molecule has 6 rings (SSSR count). The zero-order chi connectivity index (χ0) is 29.8. The number of carbonyl (C=O) groups excluding carboxylic acids is 3. The van der Waals surface area contributed by atoms with Crippen molar-refractivity contribution >= 4 is 35.0 Å². The summed E-state index contributed by atoms with van der Waals surface area (Å²) in [4.78, 5) is 62.1. The minimum Gasteiger partial charge on any atom is -0.459 e. The molecule has 12 nitrogen and oxygen atoms in total. The first-order valence-electron chi connectivity index (χ1n) is 13.4. The number of hydrogen-bond donors (Lipinski definition) is 2. The highest BCUT2D eigenvalue weighted by Gasteiger charge is 2.41. The van der Waals surface area contributed by atoms with Crippen molar-refractivity contribution in [2.45, 2.75) is 24.9 Å². The highest BCUT2D eigenvalue weighted by atomic mass is 16.6. The summed E-state index contributed by atoms with van der Waals surface area (Å²) in [5, 5.41) is 2.59. The summed E-state index contributed by atoms with van der Waals surface area (Å²) in [5.74, 6) is -1.66. The van der Waals surface area contributed by atoms with Crippen molar-refractivity contribution in [1.29, 1.82) is 0 Å². The second-order valence-electron chi connectivity index (χ2n) is 9.70. The lowest BCUT2D eigenvalue weighted by Gasteiger charge is -2.19. The van der Waals surface area contributed by atoms with Gasteiger partial charge < -0.3 is 14.2 Å². The number of anilines is 1. The maximum atomic E-state index is 12.9. The van der Waals surface area contributed by atoms with Crippen LogP contribution >= 0.6 is 0 Å². The van der Waals surface area contributed by atoms with Gasteiger partial charge in [0.2, 0.25) is 5.95 Å². The molecule has 5 aromatic rings. The Hall–Kier alpha value is -5.62. The molecule has 3 heterocycles. The summed E-state index contributed by atoms with van der Waals surface area (Å²) in [6.45, 7) is -0.198. The van der Waals surface area contributed by atoms with Crippen LogP contribution in [0.25, 0.3) is 11.2 Å². The quantitative estimate of drug-likeness (QED) is 0.262. The van der Waals surface area contributed by atoms with E-state index in [2.05, 4.69) is 20.3 Å². The van der Waals surface area contributed by atoms with Crippen LogP contribution in [-0.2, 0) is 14.2 Å². The first-order valence-corrected chi connectivity index (χ1v) is 13.4. The van der Waals surface area contributed by atoms with E-state index in [-0.39, 0.29) is 30.1 Å². The summed E-state index contributed by atoms with van der Waals surface area (Å²) < 4.78 is 19.0. The van der Waals surface area contributed by atoms with E-state index in [1.807, 2.05) is 0 Å². The Morgan fingerprint density at radius 2 is 1.49 bits per heavy atom. The number of carbonyl (C=O) groups is 3. The van der Waals surface area contributed by atoms with Crippen LogP contribution in [0.5, 0.6) is 0 Å². The molecule has 43 heavy (non-hydrogen) atoms. The molecule has 0 saturated carbocycles. The molecule has 1 amide bonds. The van der Waals surface area contributed by atoms with Gasteiger partial charge in [-0.2, -0.15) is 4.98 Å². The molecule has 0 radical (unpaired) electrons. The summed E-state index contributed by atoms with van der Waals surface area (Å²) >= 11 is 0. The molecule has 3 atom stereocenters. The fourth-order valence-corrected chi connectivity index (χ4v) is 4.71. The van der Waals surface area contributed by atoms with Gasteiger partial charge in [0, 0.05) is 12.0 Å². The monoisotopic (exact) mass is 579 g/mol. The fraction of sp³-hybridized carbons (Fsp3) is 0.161. The Balaban J connectivity index is 1.25. The maximum Gasteiger partial charge on any atom is 0.338 e. The fourth-order valence-electron chi connectivity index (χ4n) is 4.71. The van der Waals surface area contributed by atoms with Crippen molar-refractivity contribution in [3.8, 4) is 0 Å². The van der Waals surface area contributed by atoms with Crippen molar-refractivity contribution in [2.24, 2.45) is 0 Å². The number of nitrogens with one attached hydrogen (secondary N) is 2. The lowest BCUT2D eigenvalue weighted by atomic mass is 10.1. The van der Waals surface area contributed by atoms with Gasteiger partial charge >= 0.3 is 11.9 Å². The number of imidazole rings is 1. The first kappa shape index (κ1) is 27.5. The lowest BCUT2D eigenvalue weighted by molar-refractivity contribution is -0.0563. The smallest absolute Gasteiger partial charge is 0.338 e. The zero-order valence-electron chi connectivity index (χ0n) is 22.6. The summed E-state index contributed by atoms with van der Waals surface area (Å²) in [6, 6.07) is 25.4. The molecule has 1 aliphatic rings. The molecule has 3 aromatic carbocycles. The van der Waals surface area contributed by atoms with Gasteiger partial charge in [0.15, 0.2) is 11.2 Å². The van der Waals surface area contributed by atoms with Crippen molar-refractivity contribution in [3.05, 3.63) is 124 Å². The third-order valence-corrected chi connectivity index (χ3v) is 6.85. The average molecular weight is 580 g/mol. The molecule has 1 aliphatic heterocycles. The van der Waals surface area contributed by atoms with E-state index in [1.165, 1.54) is 10.9 Å². The molecule has 0 aliphatic carbocycles. The highest BCUT2D eigenvalue weighted by Crippen LogP contribution is 2.33.